The first kappa shape index (κ1) is 17.1. The lowest BCUT2D eigenvalue weighted by molar-refractivity contribution is -0.134. The van der Waals surface area contributed by atoms with Crippen LogP contribution >= 0.6 is 0 Å². The van der Waals surface area contributed by atoms with Crippen LogP contribution in [0.3, 0.4) is 0 Å². The van der Waals surface area contributed by atoms with E-state index < -0.39 is 23.7 Å². The van der Waals surface area contributed by atoms with Crippen LogP contribution in [-0.4, -0.2) is 30.3 Å². The van der Waals surface area contributed by atoms with E-state index in [1.807, 2.05) is 0 Å². The van der Waals surface area contributed by atoms with E-state index >= 15 is 0 Å². The highest BCUT2D eigenvalue weighted by Gasteiger charge is 2.28. The molecule has 6 nitrogen and oxygen atoms in total. The number of imide groups is 1. The zero-order valence-electron chi connectivity index (χ0n) is 12.7. The van der Waals surface area contributed by atoms with E-state index in [-0.39, 0.29) is 24.3 Å². The molecule has 1 aromatic rings. The number of hydrogen-bond donors (Lipinski definition) is 3. The average molecular weight is 321 g/mol. The topological polar surface area (TPSA) is 101 Å². The number of hydrogen-bond acceptors (Lipinski definition) is 4. The summed E-state index contributed by atoms with van der Waals surface area (Å²) in [7, 11) is 0. The molecule has 1 atom stereocenters. The molecule has 4 N–H and O–H groups in total. The van der Waals surface area contributed by atoms with E-state index in [4.69, 9.17) is 5.73 Å². The van der Waals surface area contributed by atoms with Gasteiger partial charge in [0, 0.05) is 6.42 Å². The maximum absolute atomic E-state index is 14.4. The largest absolute Gasteiger partial charge is 0.340 e. The van der Waals surface area contributed by atoms with Crippen LogP contribution in [0.15, 0.2) is 18.2 Å². The summed E-state index contributed by atoms with van der Waals surface area (Å²) in [6, 6.07) is 3.80. The Labute approximate surface area is 133 Å². The number of halogens is 1. The number of rotatable bonds is 6. The number of unbranched alkanes of at least 4 members (excludes halogenated alkanes) is 1. The van der Waals surface area contributed by atoms with E-state index in [1.54, 1.807) is 12.1 Å². The van der Waals surface area contributed by atoms with E-state index in [0.29, 0.717) is 18.5 Å². The van der Waals surface area contributed by atoms with Crippen molar-refractivity contribution in [3.63, 3.8) is 0 Å². The normalized spacial score (nSPS) is 17.7. The van der Waals surface area contributed by atoms with E-state index in [9.17, 15) is 18.8 Å². The van der Waals surface area contributed by atoms with Gasteiger partial charge in [-0.1, -0.05) is 12.1 Å². The van der Waals surface area contributed by atoms with Gasteiger partial charge in [-0.05, 0) is 43.9 Å². The molecule has 124 valence electrons. The Morgan fingerprint density at radius 1 is 1.35 bits per heavy atom. The Kier molecular flexibility index (Phi) is 5.81. The molecule has 7 heteroatoms. The molecular weight excluding hydrogens is 301 g/mol. The molecule has 0 aromatic heterocycles. The summed E-state index contributed by atoms with van der Waals surface area (Å²) in [5, 5.41) is 4.63. The lowest BCUT2D eigenvalue weighted by atomic mass is 10.0. The van der Waals surface area contributed by atoms with Gasteiger partial charge in [0.1, 0.15) is 11.9 Å². The number of amides is 3. The highest BCUT2D eigenvalue weighted by Crippen LogP contribution is 2.16. The second-order valence-corrected chi connectivity index (χ2v) is 5.50. The fraction of sp³-hybridized carbons (Fsp3) is 0.438. The number of carbonyl (C=O) groups is 3. The molecule has 1 aliphatic heterocycles. The van der Waals surface area contributed by atoms with Gasteiger partial charge in [-0.15, -0.1) is 0 Å². The summed E-state index contributed by atoms with van der Waals surface area (Å²) in [4.78, 5) is 34.9. The molecule has 0 aliphatic carbocycles. The molecule has 1 saturated heterocycles. The third-order valence-corrected chi connectivity index (χ3v) is 3.77. The summed E-state index contributed by atoms with van der Waals surface area (Å²) < 4.78 is 14.4. The van der Waals surface area contributed by atoms with Crippen molar-refractivity contribution in [3.8, 4) is 0 Å². The van der Waals surface area contributed by atoms with E-state index in [0.717, 1.165) is 12.8 Å². The minimum Gasteiger partial charge on any atom is -0.340 e. The monoisotopic (exact) mass is 321 g/mol. The summed E-state index contributed by atoms with van der Waals surface area (Å²) in [6.07, 6.45) is 2.40. The zero-order chi connectivity index (χ0) is 16.8. The van der Waals surface area contributed by atoms with Crippen LogP contribution in [0.2, 0.25) is 0 Å². The van der Waals surface area contributed by atoms with Gasteiger partial charge in [0.05, 0.1) is 5.56 Å². The fourth-order valence-corrected chi connectivity index (χ4v) is 2.48. The molecule has 1 aliphatic rings. The van der Waals surface area contributed by atoms with E-state index in [2.05, 4.69) is 10.6 Å². The van der Waals surface area contributed by atoms with Gasteiger partial charge in [-0.2, -0.15) is 0 Å². The summed E-state index contributed by atoms with van der Waals surface area (Å²) in [5.41, 5.74) is 5.77. The van der Waals surface area contributed by atoms with Crippen LogP contribution in [0.25, 0.3) is 0 Å². The lowest BCUT2D eigenvalue weighted by Crippen LogP contribution is -2.52. The van der Waals surface area contributed by atoms with Crippen molar-refractivity contribution >= 4 is 17.7 Å². The van der Waals surface area contributed by atoms with Crippen molar-refractivity contribution in [1.82, 2.24) is 10.6 Å². The second-order valence-electron chi connectivity index (χ2n) is 5.50. The standard InChI is InChI=1S/C16H20FN3O3/c17-14-10(4-1-2-9-18)5-3-6-11(14)15(22)19-12-7-8-13(21)20-16(12)23/h3,5-6,12H,1-2,4,7-9,18H2,(H,19,22)(H,20,21,23). The predicted molar refractivity (Wildman–Crippen MR) is 82.0 cm³/mol. The molecule has 0 bridgehead atoms. The summed E-state index contributed by atoms with van der Waals surface area (Å²) >= 11 is 0. The molecule has 0 spiro atoms. The quantitative estimate of drug-likeness (QED) is 0.529. The smallest absolute Gasteiger partial charge is 0.254 e. The second kappa shape index (κ2) is 7.82. The Morgan fingerprint density at radius 3 is 2.83 bits per heavy atom. The lowest BCUT2D eigenvalue weighted by Gasteiger charge is -2.22. The highest BCUT2D eigenvalue weighted by molar-refractivity contribution is 6.03. The Bertz CT molecular complexity index is 619. The van der Waals surface area contributed by atoms with Gasteiger partial charge in [-0.3, -0.25) is 19.7 Å². The van der Waals surface area contributed by atoms with Crippen molar-refractivity contribution in [2.24, 2.45) is 5.73 Å². The number of aryl methyl sites for hydroxylation is 1. The maximum atomic E-state index is 14.4. The number of piperidine rings is 1. The highest BCUT2D eigenvalue weighted by atomic mass is 19.1. The molecule has 3 amide bonds. The third-order valence-electron chi connectivity index (χ3n) is 3.77. The van der Waals surface area contributed by atoms with E-state index in [1.165, 1.54) is 6.07 Å². The van der Waals surface area contributed by atoms with Crippen LogP contribution in [0.4, 0.5) is 4.39 Å². The molecule has 23 heavy (non-hydrogen) atoms. The first-order valence-electron chi connectivity index (χ1n) is 7.65. The van der Waals surface area contributed by atoms with Gasteiger partial charge >= 0.3 is 0 Å². The number of nitrogens with one attached hydrogen (secondary N) is 2. The molecular formula is C16H20FN3O3. The third kappa shape index (κ3) is 4.35. The molecule has 1 fully saturated rings. The van der Waals surface area contributed by atoms with Crippen LogP contribution in [-0.2, 0) is 16.0 Å². The average Bonchev–Trinajstić information content (AvgIpc) is 2.52. The molecule has 1 aromatic carbocycles. The van der Waals surface area contributed by atoms with Crippen molar-refractivity contribution in [2.45, 2.75) is 38.1 Å². The van der Waals surface area contributed by atoms with Gasteiger partial charge in [0.25, 0.3) is 5.91 Å². The number of benzene rings is 1. The minimum atomic E-state index is -0.819. The maximum Gasteiger partial charge on any atom is 0.254 e. The number of carbonyl (C=O) groups excluding carboxylic acids is 3. The molecule has 2 rings (SSSR count). The Hall–Kier alpha value is -2.28. The SMILES string of the molecule is NCCCCc1cccc(C(=O)NC2CCC(=O)NC2=O)c1F. The van der Waals surface area contributed by atoms with Crippen molar-refractivity contribution < 1.29 is 18.8 Å². The fourth-order valence-electron chi connectivity index (χ4n) is 2.48. The molecule has 0 radical (unpaired) electrons. The van der Waals surface area contributed by atoms with Crippen molar-refractivity contribution in [1.29, 1.82) is 0 Å². The minimum absolute atomic E-state index is 0.0973. The van der Waals surface area contributed by atoms with Gasteiger partial charge < -0.3 is 11.1 Å². The first-order valence-corrected chi connectivity index (χ1v) is 7.65. The zero-order valence-corrected chi connectivity index (χ0v) is 12.7. The first-order chi connectivity index (χ1) is 11.0. The number of nitrogens with two attached hydrogens (primary N) is 1. The van der Waals surface area contributed by atoms with Gasteiger partial charge in [0.2, 0.25) is 11.8 Å². The van der Waals surface area contributed by atoms with Crippen LogP contribution in [0.5, 0.6) is 0 Å². The van der Waals surface area contributed by atoms with Crippen LogP contribution in [0, 0.1) is 5.82 Å². The molecule has 0 saturated carbocycles. The summed E-state index contributed by atoms with van der Waals surface area (Å²) in [6.45, 7) is 0.539. The van der Waals surface area contributed by atoms with Crippen LogP contribution in [0.1, 0.15) is 41.6 Å². The predicted octanol–water partition coefficient (Wildman–Crippen LogP) is 0.642. The Morgan fingerprint density at radius 2 is 2.13 bits per heavy atom. The Balaban J connectivity index is 2.05. The van der Waals surface area contributed by atoms with Crippen molar-refractivity contribution in [3.05, 3.63) is 35.1 Å². The van der Waals surface area contributed by atoms with Crippen molar-refractivity contribution in [2.75, 3.05) is 6.54 Å². The van der Waals surface area contributed by atoms with Gasteiger partial charge in [0.15, 0.2) is 0 Å². The molecule has 1 heterocycles. The molecule has 1 unspecified atom stereocenters. The van der Waals surface area contributed by atoms with Crippen LogP contribution < -0.4 is 16.4 Å². The van der Waals surface area contributed by atoms with Gasteiger partial charge in [-0.25, -0.2) is 4.39 Å². The summed E-state index contributed by atoms with van der Waals surface area (Å²) in [5.74, 6) is -2.16.